The van der Waals surface area contributed by atoms with Gasteiger partial charge in [0, 0.05) is 31.6 Å². The Morgan fingerprint density at radius 3 is 2.48 bits per heavy atom. The fraction of sp³-hybridized carbons (Fsp3) is 0.381. The van der Waals surface area contributed by atoms with Gasteiger partial charge in [0.05, 0.1) is 12.3 Å². The van der Waals surface area contributed by atoms with Crippen molar-refractivity contribution in [3.63, 3.8) is 0 Å². The third-order valence-corrected chi connectivity index (χ3v) is 6.79. The molecule has 2 heterocycles. The van der Waals surface area contributed by atoms with E-state index in [1.54, 1.807) is 6.92 Å². The Hall–Kier alpha value is -3.25. The van der Waals surface area contributed by atoms with Crippen LogP contribution in [0.2, 0.25) is 0 Å². The van der Waals surface area contributed by atoms with Crippen LogP contribution in [0, 0.1) is 11.7 Å². The number of hydrogen-bond acceptors (Lipinski definition) is 7. The third-order valence-electron chi connectivity index (χ3n) is 5.02. The van der Waals surface area contributed by atoms with Crippen LogP contribution in [0.1, 0.15) is 37.2 Å². The Kier molecular flexibility index (Phi) is 7.49. The van der Waals surface area contributed by atoms with Crippen LogP contribution in [-0.4, -0.2) is 50.2 Å². The van der Waals surface area contributed by atoms with Gasteiger partial charge in [0.25, 0.3) is 10.0 Å². The molecule has 2 aromatic rings. The van der Waals surface area contributed by atoms with Gasteiger partial charge in [0.2, 0.25) is 22.7 Å². The molecule has 1 aliphatic rings. The molecule has 1 aromatic carbocycles. The Morgan fingerprint density at radius 2 is 1.85 bits per heavy atom. The van der Waals surface area contributed by atoms with Gasteiger partial charge in [-0.25, -0.2) is 17.6 Å². The second-order valence-corrected chi connectivity index (χ2v) is 9.25. The van der Waals surface area contributed by atoms with Crippen LogP contribution in [0.15, 0.2) is 39.8 Å². The Morgan fingerprint density at radius 1 is 1.15 bits per heavy atom. The molecule has 0 radical (unpaired) electrons. The molecule has 2 N–H and O–H groups in total. The number of nitrogens with zero attached hydrogens (tertiary/aromatic N) is 1. The SMILES string of the molecule is CCOC(=O)c1ccc(S(=O)(=O)N2CCC(C(=O)Nc3ccc(F)c(NC(C)=O)c3)CC2)o1. The van der Waals surface area contributed by atoms with Crippen LogP contribution in [0.3, 0.4) is 0 Å². The molecule has 0 atom stereocenters. The number of amides is 2. The van der Waals surface area contributed by atoms with E-state index in [1.165, 1.54) is 35.5 Å². The number of nitrogens with one attached hydrogen (secondary N) is 2. The van der Waals surface area contributed by atoms with Crippen LogP contribution in [-0.2, 0) is 24.3 Å². The zero-order valence-corrected chi connectivity index (χ0v) is 18.9. The average Bonchev–Trinajstić information content (AvgIpc) is 3.27. The molecule has 3 rings (SSSR count). The fourth-order valence-electron chi connectivity index (χ4n) is 3.39. The standard InChI is InChI=1S/C21H24FN3O7S/c1-3-31-21(28)18-6-7-19(32-18)33(29,30)25-10-8-14(9-11-25)20(27)24-15-4-5-16(22)17(12-15)23-13(2)26/h4-7,12,14H,3,8-11H2,1-2H3,(H,23,26)(H,24,27). The number of furan rings is 1. The van der Waals surface area contributed by atoms with Crippen LogP contribution in [0.4, 0.5) is 15.8 Å². The normalized spacial score (nSPS) is 15.1. The van der Waals surface area contributed by atoms with Gasteiger partial charge in [-0.15, -0.1) is 0 Å². The lowest BCUT2D eigenvalue weighted by molar-refractivity contribution is -0.121. The summed E-state index contributed by atoms with van der Waals surface area (Å²) in [5.74, 6) is -2.84. The summed E-state index contributed by atoms with van der Waals surface area (Å²) < 4.78 is 50.6. The summed E-state index contributed by atoms with van der Waals surface area (Å²) in [5.41, 5.74) is 0.254. The van der Waals surface area contributed by atoms with Gasteiger partial charge in [-0.1, -0.05) is 0 Å². The molecule has 0 unspecified atom stereocenters. The first kappa shape index (κ1) is 24.4. The smallest absolute Gasteiger partial charge is 0.374 e. The summed E-state index contributed by atoms with van der Waals surface area (Å²) in [5, 5.41) is 4.64. The summed E-state index contributed by atoms with van der Waals surface area (Å²) in [6, 6.07) is 6.25. The molecule has 1 aromatic heterocycles. The highest BCUT2D eigenvalue weighted by molar-refractivity contribution is 7.89. The number of halogens is 1. The second-order valence-electron chi connectivity index (χ2n) is 7.38. The lowest BCUT2D eigenvalue weighted by Crippen LogP contribution is -2.41. The molecule has 1 fully saturated rings. The Labute approximate surface area is 190 Å². The van der Waals surface area contributed by atoms with E-state index in [1.807, 2.05) is 0 Å². The van der Waals surface area contributed by atoms with Crippen molar-refractivity contribution in [1.29, 1.82) is 0 Å². The maximum atomic E-state index is 13.8. The Balaban J connectivity index is 1.61. The first-order chi connectivity index (χ1) is 15.6. The van der Waals surface area contributed by atoms with E-state index in [2.05, 4.69) is 10.6 Å². The highest BCUT2D eigenvalue weighted by Gasteiger charge is 2.34. The number of rotatable bonds is 7. The first-order valence-electron chi connectivity index (χ1n) is 10.3. The highest BCUT2D eigenvalue weighted by atomic mass is 32.2. The molecule has 12 heteroatoms. The van der Waals surface area contributed by atoms with Gasteiger partial charge < -0.3 is 19.8 Å². The predicted octanol–water partition coefficient (Wildman–Crippen LogP) is 2.59. The number of esters is 1. The van der Waals surface area contributed by atoms with Crippen molar-refractivity contribution in [3.8, 4) is 0 Å². The number of carbonyl (C=O) groups is 3. The molecular weight excluding hydrogens is 457 g/mol. The quantitative estimate of drug-likeness (QED) is 0.580. The minimum atomic E-state index is -3.97. The number of sulfonamides is 1. The van der Waals surface area contributed by atoms with Crippen molar-refractivity contribution in [1.82, 2.24) is 4.31 Å². The van der Waals surface area contributed by atoms with Crippen molar-refractivity contribution < 1.29 is 36.3 Å². The van der Waals surface area contributed by atoms with Gasteiger partial charge in [0.1, 0.15) is 5.82 Å². The highest BCUT2D eigenvalue weighted by Crippen LogP contribution is 2.27. The van der Waals surface area contributed by atoms with Crippen LogP contribution in [0.5, 0.6) is 0 Å². The number of carbonyl (C=O) groups excluding carboxylic acids is 3. The van der Waals surface area contributed by atoms with Crippen molar-refractivity contribution in [2.45, 2.75) is 31.8 Å². The minimum Gasteiger partial charge on any atom is -0.460 e. The third kappa shape index (κ3) is 5.76. The van der Waals surface area contributed by atoms with Gasteiger partial charge in [-0.2, -0.15) is 4.31 Å². The van der Waals surface area contributed by atoms with Gasteiger partial charge >= 0.3 is 5.97 Å². The molecule has 0 saturated carbocycles. The number of benzene rings is 1. The van der Waals surface area contributed by atoms with Crippen LogP contribution in [0.25, 0.3) is 0 Å². The summed E-state index contributed by atoms with van der Waals surface area (Å²) in [7, 11) is -3.97. The fourth-order valence-corrected chi connectivity index (χ4v) is 4.77. The number of anilines is 2. The average molecular weight is 482 g/mol. The summed E-state index contributed by atoms with van der Waals surface area (Å²) in [6.07, 6.45) is 0.520. The lowest BCUT2D eigenvalue weighted by atomic mass is 9.97. The maximum Gasteiger partial charge on any atom is 0.374 e. The van der Waals surface area contributed by atoms with Gasteiger partial charge in [-0.3, -0.25) is 9.59 Å². The molecule has 2 amide bonds. The van der Waals surface area contributed by atoms with Crippen LogP contribution < -0.4 is 10.6 Å². The molecule has 0 aliphatic carbocycles. The van der Waals surface area contributed by atoms with E-state index in [0.29, 0.717) is 5.69 Å². The summed E-state index contributed by atoms with van der Waals surface area (Å²) in [4.78, 5) is 35.5. The summed E-state index contributed by atoms with van der Waals surface area (Å²) >= 11 is 0. The monoisotopic (exact) mass is 481 g/mol. The number of ether oxygens (including phenoxy) is 1. The molecule has 0 spiro atoms. The molecule has 178 valence electrons. The zero-order chi connectivity index (χ0) is 24.2. The van der Waals surface area contributed by atoms with Gasteiger partial charge in [-0.05, 0) is 50.1 Å². The number of hydrogen-bond donors (Lipinski definition) is 2. The Bertz CT molecular complexity index is 1150. The molecular formula is C21H24FN3O7S. The van der Waals surface area contributed by atoms with E-state index < -0.39 is 33.6 Å². The van der Waals surface area contributed by atoms with Crippen molar-refractivity contribution >= 4 is 39.2 Å². The summed E-state index contributed by atoms with van der Waals surface area (Å²) in [6.45, 7) is 3.15. The van der Waals surface area contributed by atoms with Crippen molar-refractivity contribution in [2.24, 2.45) is 5.92 Å². The topological polar surface area (TPSA) is 135 Å². The molecule has 1 aliphatic heterocycles. The first-order valence-corrected chi connectivity index (χ1v) is 11.7. The van der Waals surface area contributed by atoms with E-state index in [0.717, 1.165) is 6.07 Å². The molecule has 1 saturated heterocycles. The number of piperidine rings is 1. The van der Waals surface area contributed by atoms with E-state index >= 15 is 0 Å². The van der Waals surface area contributed by atoms with E-state index in [4.69, 9.17) is 9.15 Å². The van der Waals surface area contributed by atoms with Gasteiger partial charge in [0.15, 0.2) is 0 Å². The predicted molar refractivity (Wildman–Crippen MR) is 115 cm³/mol. The lowest BCUT2D eigenvalue weighted by Gasteiger charge is -2.29. The van der Waals surface area contributed by atoms with E-state index in [-0.39, 0.29) is 55.0 Å². The molecule has 0 bridgehead atoms. The maximum absolute atomic E-state index is 13.8. The second kappa shape index (κ2) is 10.1. The van der Waals surface area contributed by atoms with Crippen molar-refractivity contribution in [2.75, 3.05) is 30.3 Å². The van der Waals surface area contributed by atoms with Crippen molar-refractivity contribution in [3.05, 3.63) is 41.9 Å². The molecule has 10 nitrogen and oxygen atoms in total. The largest absolute Gasteiger partial charge is 0.460 e. The molecule has 33 heavy (non-hydrogen) atoms. The zero-order valence-electron chi connectivity index (χ0n) is 18.1. The van der Waals surface area contributed by atoms with E-state index in [9.17, 15) is 27.2 Å². The van der Waals surface area contributed by atoms with Crippen LogP contribution >= 0.6 is 0 Å². The minimum absolute atomic E-state index is 0.0538.